The Hall–Kier alpha value is -1.54. The number of hydrogen-bond donors (Lipinski definition) is 1. The van der Waals surface area contributed by atoms with E-state index in [9.17, 15) is 10.1 Å². The lowest BCUT2D eigenvalue weighted by atomic mass is 9.74. The summed E-state index contributed by atoms with van der Waals surface area (Å²) in [6.07, 6.45) is 4.25. The Bertz CT molecular complexity index is 545. The average Bonchev–Trinajstić information content (AvgIpc) is 2.49. The number of hydrogen-bond acceptors (Lipinski definition) is 3. The molecule has 1 fully saturated rings. The van der Waals surface area contributed by atoms with Crippen molar-refractivity contribution in [1.29, 1.82) is 5.26 Å². The van der Waals surface area contributed by atoms with E-state index in [-0.39, 0.29) is 5.91 Å². The largest absolute Gasteiger partial charge is 0.495 e. The minimum atomic E-state index is -0.876. The molecule has 4 nitrogen and oxygen atoms in total. The van der Waals surface area contributed by atoms with Crippen LogP contribution in [0.25, 0.3) is 0 Å². The fourth-order valence-electron chi connectivity index (χ4n) is 2.53. The molecule has 0 heterocycles. The monoisotopic (exact) mass is 336 g/mol. The Balaban J connectivity index is 2.16. The van der Waals surface area contributed by atoms with Crippen molar-refractivity contribution in [2.45, 2.75) is 32.1 Å². The number of carbonyl (C=O) groups is 1. The lowest BCUT2D eigenvalue weighted by Crippen LogP contribution is -2.36. The fourth-order valence-corrected chi connectivity index (χ4v) is 2.94. The zero-order valence-corrected chi connectivity index (χ0v) is 13.0. The SMILES string of the molecule is COc1cc(NC(=O)C2(C#N)CCCCC2)ccc1Br. The third kappa shape index (κ3) is 2.96. The van der Waals surface area contributed by atoms with Crippen molar-refractivity contribution < 1.29 is 9.53 Å². The number of methoxy groups -OCH3 is 1. The molecule has 0 atom stereocenters. The summed E-state index contributed by atoms with van der Waals surface area (Å²) in [6, 6.07) is 7.57. The van der Waals surface area contributed by atoms with Crippen LogP contribution in [0.5, 0.6) is 5.75 Å². The van der Waals surface area contributed by atoms with Crippen molar-refractivity contribution in [2.24, 2.45) is 5.41 Å². The van der Waals surface area contributed by atoms with Gasteiger partial charge in [-0.1, -0.05) is 19.3 Å². The van der Waals surface area contributed by atoms with E-state index in [0.29, 0.717) is 24.3 Å². The summed E-state index contributed by atoms with van der Waals surface area (Å²) in [6.45, 7) is 0. The molecular formula is C15H17BrN2O2. The maximum Gasteiger partial charge on any atom is 0.244 e. The molecule has 0 radical (unpaired) electrons. The molecule has 0 aromatic heterocycles. The van der Waals surface area contributed by atoms with E-state index in [1.807, 2.05) is 6.07 Å². The third-order valence-corrected chi connectivity index (χ3v) is 4.42. The summed E-state index contributed by atoms with van der Waals surface area (Å²) in [4.78, 5) is 12.4. The van der Waals surface area contributed by atoms with E-state index in [0.717, 1.165) is 23.7 Å². The van der Waals surface area contributed by atoms with Crippen LogP contribution in [0.15, 0.2) is 22.7 Å². The van der Waals surface area contributed by atoms with Crippen molar-refractivity contribution in [1.82, 2.24) is 0 Å². The number of halogens is 1. The zero-order chi connectivity index (χ0) is 14.6. The number of nitrogens with one attached hydrogen (secondary N) is 1. The lowest BCUT2D eigenvalue weighted by molar-refractivity contribution is -0.124. The summed E-state index contributed by atoms with van der Waals surface area (Å²) in [5.74, 6) is 0.446. The highest BCUT2D eigenvalue weighted by molar-refractivity contribution is 9.10. The van der Waals surface area contributed by atoms with Crippen molar-refractivity contribution in [2.75, 3.05) is 12.4 Å². The smallest absolute Gasteiger partial charge is 0.244 e. The summed E-state index contributed by atoms with van der Waals surface area (Å²) < 4.78 is 6.03. The summed E-state index contributed by atoms with van der Waals surface area (Å²) >= 11 is 3.37. The Kier molecular flexibility index (Phi) is 4.66. The number of anilines is 1. The van der Waals surface area contributed by atoms with Gasteiger partial charge in [-0.3, -0.25) is 4.79 Å². The van der Waals surface area contributed by atoms with Gasteiger partial charge in [0, 0.05) is 11.8 Å². The third-order valence-electron chi connectivity index (χ3n) is 3.76. The first-order valence-corrected chi connectivity index (χ1v) is 7.47. The van der Waals surface area contributed by atoms with Crippen molar-refractivity contribution in [3.8, 4) is 11.8 Å². The van der Waals surface area contributed by atoms with E-state index in [2.05, 4.69) is 27.3 Å². The average molecular weight is 337 g/mol. The second kappa shape index (κ2) is 6.27. The van der Waals surface area contributed by atoms with Crippen LogP contribution in [0.1, 0.15) is 32.1 Å². The predicted molar refractivity (Wildman–Crippen MR) is 80.5 cm³/mol. The maximum atomic E-state index is 12.4. The standard InChI is InChI=1S/C15H17BrN2O2/c1-20-13-9-11(5-6-12(13)16)18-14(19)15(10-17)7-3-2-4-8-15/h5-6,9H,2-4,7-8H2,1H3,(H,18,19). The molecule has 0 saturated heterocycles. The van der Waals surface area contributed by atoms with Gasteiger partial charge >= 0.3 is 0 Å². The second-order valence-corrected chi connectivity index (χ2v) is 5.91. The molecule has 1 aromatic carbocycles. The minimum absolute atomic E-state index is 0.205. The first-order chi connectivity index (χ1) is 9.61. The van der Waals surface area contributed by atoms with Gasteiger partial charge < -0.3 is 10.1 Å². The molecule has 0 unspecified atom stereocenters. The van der Waals surface area contributed by atoms with E-state index >= 15 is 0 Å². The number of rotatable bonds is 3. The molecule has 0 bridgehead atoms. The van der Waals surface area contributed by atoms with Gasteiger partial charge in [-0.05, 0) is 40.9 Å². The van der Waals surface area contributed by atoms with Gasteiger partial charge in [-0.25, -0.2) is 0 Å². The van der Waals surface area contributed by atoms with Crippen molar-refractivity contribution in [3.05, 3.63) is 22.7 Å². The number of ether oxygens (including phenoxy) is 1. The molecule has 106 valence electrons. The van der Waals surface area contributed by atoms with Crippen molar-refractivity contribution in [3.63, 3.8) is 0 Å². The van der Waals surface area contributed by atoms with Gasteiger partial charge in [0.05, 0.1) is 17.7 Å². The molecular weight excluding hydrogens is 320 g/mol. The van der Waals surface area contributed by atoms with Gasteiger partial charge in [0.25, 0.3) is 0 Å². The van der Waals surface area contributed by atoms with E-state index < -0.39 is 5.41 Å². The summed E-state index contributed by atoms with van der Waals surface area (Å²) in [7, 11) is 1.57. The van der Waals surface area contributed by atoms with Gasteiger partial charge in [0.1, 0.15) is 11.2 Å². The molecule has 2 rings (SSSR count). The number of carbonyl (C=O) groups excluding carboxylic acids is 1. The molecule has 20 heavy (non-hydrogen) atoms. The lowest BCUT2D eigenvalue weighted by Gasteiger charge is -2.29. The molecule has 1 N–H and O–H groups in total. The quantitative estimate of drug-likeness (QED) is 0.911. The van der Waals surface area contributed by atoms with Crippen molar-refractivity contribution >= 4 is 27.5 Å². The van der Waals surface area contributed by atoms with Gasteiger partial charge in [0.15, 0.2) is 0 Å². The number of amides is 1. The van der Waals surface area contributed by atoms with Crippen LogP contribution in [-0.2, 0) is 4.79 Å². The van der Waals surface area contributed by atoms with Crippen LogP contribution in [0.3, 0.4) is 0 Å². The summed E-state index contributed by atoms with van der Waals surface area (Å²) in [5, 5.41) is 12.2. The van der Waals surface area contributed by atoms with E-state index in [4.69, 9.17) is 4.74 Å². The highest BCUT2D eigenvalue weighted by atomic mass is 79.9. The number of nitriles is 1. The summed E-state index contributed by atoms with van der Waals surface area (Å²) in [5.41, 5.74) is -0.228. The van der Waals surface area contributed by atoms with Crippen LogP contribution in [0.4, 0.5) is 5.69 Å². The molecule has 1 aliphatic rings. The van der Waals surface area contributed by atoms with Crippen LogP contribution in [0.2, 0.25) is 0 Å². The zero-order valence-electron chi connectivity index (χ0n) is 11.4. The van der Waals surface area contributed by atoms with Crippen LogP contribution in [0, 0.1) is 16.7 Å². The molecule has 1 aromatic rings. The second-order valence-electron chi connectivity index (χ2n) is 5.06. The molecule has 1 aliphatic carbocycles. The Morgan fingerprint density at radius 3 is 2.70 bits per heavy atom. The Morgan fingerprint density at radius 1 is 1.40 bits per heavy atom. The fraction of sp³-hybridized carbons (Fsp3) is 0.467. The number of nitrogens with zero attached hydrogens (tertiary/aromatic N) is 1. The van der Waals surface area contributed by atoms with Crippen LogP contribution < -0.4 is 10.1 Å². The molecule has 0 spiro atoms. The van der Waals surface area contributed by atoms with Crippen LogP contribution in [-0.4, -0.2) is 13.0 Å². The topological polar surface area (TPSA) is 62.1 Å². The van der Waals surface area contributed by atoms with Crippen LogP contribution >= 0.6 is 15.9 Å². The minimum Gasteiger partial charge on any atom is -0.495 e. The van der Waals surface area contributed by atoms with Gasteiger partial charge in [0.2, 0.25) is 5.91 Å². The number of benzene rings is 1. The Labute approximate surface area is 127 Å². The molecule has 5 heteroatoms. The predicted octanol–water partition coefficient (Wildman–Crippen LogP) is 3.87. The van der Waals surface area contributed by atoms with Gasteiger partial charge in [-0.2, -0.15) is 5.26 Å². The highest BCUT2D eigenvalue weighted by Crippen LogP contribution is 2.37. The molecule has 1 amide bonds. The normalized spacial score (nSPS) is 17.1. The highest BCUT2D eigenvalue weighted by Gasteiger charge is 2.39. The van der Waals surface area contributed by atoms with E-state index in [1.54, 1.807) is 19.2 Å². The van der Waals surface area contributed by atoms with Gasteiger partial charge in [-0.15, -0.1) is 0 Å². The maximum absolute atomic E-state index is 12.4. The first kappa shape index (κ1) is 14.9. The molecule has 1 saturated carbocycles. The first-order valence-electron chi connectivity index (χ1n) is 6.67. The van der Waals surface area contributed by atoms with E-state index in [1.165, 1.54) is 0 Å². The molecule has 0 aliphatic heterocycles. The Morgan fingerprint density at radius 2 is 2.10 bits per heavy atom.